The lowest BCUT2D eigenvalue weighted by Crippen LogP contribution is -2.07. The van der Waals surface area contributed by atoms with Gasteiger partial charge in [-0.2, -0.15) is 13.2 Å². The summed E-state index contributed by atoms with van der Waals surface area (Å²) in [6.07, 6.45) is -4.50. The molecule has 0 aromatic heterocycles. The van der Waals surface area contributed by atoms with Crippen molar-refractivity contribution in [2.24, 2.45) is 0 Å². The molecule has 0 aliphatic heterocycles. The number of nitrogens with zero attached hydrogens (tertiary/aromatic N) is 1. The molecule has 0 aliphatic carbocycles. The number of rotatable bonds is 5. The first kappa shape index (κ1) is 18.2. The van der Waals surface area contributed by atoms with Crippen LogP contribution in [0.4, 0.5) is 18.9 Å². The van der Waals surface area contributed by atoms with Gasteiger partial charge in [-0.05, 0) is 29.8 Å². The Labute approximate surface area is 139 Å². The second-order valence-corrected chi connectivity index (χ2v) is 4.92. The average molecular weight is 355 g/mol. The zero-order chi connectivity index (χ0) is 18.6. The Bertz CT molecular complexity index is 805. The molecule has 0 bridgehead atoms. The molecule has 0 amide bonds. The topological polar surface area (TPSA) is 78.7 Å². The van der Waals surface area contributed by atoms with Crippen molar-refractivity contribution in [3.8, 4) is 5.75 Å². The third kappa shape index (κ3) is 4.46. The highest BCUT2D eigenvalue weighted by Gasteiger charge is 2.30. The summed E-state index contributed by atoms with van der Waals surface area (Å²) in [7, 11) is 1.13. The smallest absolute Gasteiger partial charge is 0.416 e. The van der Waals surface area contributed by atoms with Crippen molar-refractivity contribution in [1.29, 1.82) is 0 Å². The van der Waals surface area contributed by atoms with Crippen molar-refractivity contribution in [3.05, 3.63) is 69.3 Å². The molecule has 0 saturated heterocycles. The Hall–Kier alpha value is -3.10. The van der Waals surface area contributed by atoms with Crippen molar-refractivity contribution < 1.29 is 32.4 Å². The molecule has 25 heavy (non-hydrogen) atoms. The maximum atomic E-state index is 12.7. The molecule has 0 radical (unpaired) electrons. The number of methoxy groups -OCH3 is 1. The fraction of sp³-hybridized carbons (Fsp3) is 0.188. The molecular formula is C16H12F3NO5. The van der Waals surface area contributed by atoms with Crippen LogP contribution in [-0.2, 0) is 17.5 Å². The first-order chi connectivity index (χ1) is 11.7. The lowest BCUT2D eigenvalue weighted by Gasteiger charge is -2.10. The molecule has 2 aromatic rings. The summed E-state index contributed by atoms with van der Waals surface area (Å²) >= 11 is 0. The lowest BCUT2D eigenvalue weighted by atomic mass is 10.1. The molecule has 0 spiro atoms. The fourth-order valence-corrected chi connectivity index (χ4v) is 2.03. The minimum Gasteiger partial charge on any atom is -0.482 e. The number of alkyl halides is 3. The summed E-state index contributed by atoms with van der Waals surface area (Å²) in [6, 6.07) is 7.87. The predicted octanol–water partition coefficient (Wildman–Crippen LogP) is 3.98. The number of carbonyl (C=O) groups is 1. The minimum absolute atomic E-state index is 0.0411. The Morgan fingerprint density at radius 3 is 2.52 bits per heavy atom. The van der Waals surface area contributed by atoms with Crippen molar-refractivity contribution >= 4 is 11.7 Å². The first-order valence-electron chi connectivity index (χ1n) is 6.88. The number of benzene rings is 2. The molecule has 0 saturated carbocycles. The van der Waals surface area contributed by atoms with E-state index in [0.29, 0.717) is 0 Å². The van der Waals surface area contributed by atoms with Crippen molar-refractivity contribution in [3.63, 3.8) is 0 Å². The summed E-state index contributed by atoms with van der Waals surface area (Å²) in [5.74, 6) is -0.928. The molecular weight excluding hydrogens is 343 g/mol. The quantitative estimate of drug-likeness (QED) is 0.460. The van der Waals surface area contributed by atoms with Crippen LogP contribution >= 0.6 is 0 Å². The van der Waals surface area contributed by atoms with Gasteiger partial charge in [-0.25, -0.2) is 4.79 Å². The maximum absolute atomic E-state index is 12.7. The van der Waals surface area contributed by atoms with Gasteiger partial charge >= 0.3 is 17.8 Å². The largest absolute Gasteiger partial charge is 0.482 e. The van der Waals surface area contributed by atoms with Crippen molar-refractivity contribution in [2.45, 2.75) is 12.8 Å². The van der Waals surface area contributed by atoms with Gasteiger partial charge in [0.15, 0.2) is 5.75 Å². The van der Waals surface area contributed by atoms with E-state index in [-0.39, 0.29) is 23.5 Å². The van der Waals surface area contributed by atoms with Gasteiger partial charge in [0, 0.05) is 6.07 Å². The number of hydrogen-bond acceptors (Lipinski definition) is 5. The first-order valence-corrected chi connectivity index (χ1v) is 6.88. The van der Waals surface area contributed by atoms with Gasteiger partial charge in [0.1, 0.15) is 6.61 Å². The van der Waals surface area contributed by atoms with E-state index in [1.807, 2.05) is 0 Å². The lowest BCUT2D eigenvalue weighted by molar-refractivity contribution is -0.386. The Balaban J connectivity index is 2.23. The highest BCUT2D eigenvalue weighted by atomic mass is 19.4. The van der Waals surface area contributed by atoms with E-state index in [9.17, 15) is 28.1 Å². The SMILES string of the molecule is COC(=O)c1ccc(OCc2cccc(C(F)(F)F)c2)c([N+](=O)[O-])c1. The van der Waals surface area contributed by atoms with Crippen molar-refractivity contribution in [1.82, 2.24) is 0 Å². The number of esters is 1. The van der Waals surface area contributed by atoms with E-state index in [0.717, 1.165) is 25.3 Å². The van der Waals surface area contributed by atoms with Gasteiger partial charge in [0.2, 0.25) is 0 Å². The van der Waals surface area contributed by atoms with E-state index in [4.69, 9.17) is 4.74 Å². The summed E-state index contributed by atoms with van der Waals surface area (Å²) in [5, 5.41) is 11.1. The van der Waals surface area contributed by atoms with Crippen LogP contribution in [0.1, 0.15) is 21.5 Å². The Morgan fingerprint density at radius 1 is 1.20 bits per heavy atom. The second-order valence-electron chi connectivity index (χ2n) is 4.92. The van der Waals surface area contributed by atoms with E-state index in [1.54, 1.807) is 0 Å². The maximum Gasteiger partial charge on any atom is 0.416 e. The third-order valence-electron chi connectivity index (χ3n) is 3.23. The third-order valence-corrected chi connectivity index (χ3v) is 3.23. The monoisotopic (exact) mass is 355 g/mol. The normalized spacial score (nSPS) is 11.0. The van der Waals surface area contributed by atoms with E-state index in [2.05, 4.69) is 4.74 Å². The molecule has 6 nitrogen and oxygen atoms in total. The van der Waals surface area contributed by atoms with Gasteiger partial charge in [0.25, 0.3) is 0 Å². The molecule has 0 N–H and O–H groups in total. The number of nitro benzene ring substituents is 1. The average Bonchev–Trinajstić information content (AvgIpc) is 2.58. The predicted molar refractivity (Wildman–Crippen MR) is 80.2 cm³/mol. The van der Waals surface area contributed by atoms with E-state index < -0.39 is 28.3 Å². The van der Waals surface area contributed by atoms with Crippen LogP contribution in [0.25, 0.3) is 0 Å². The number of carbonyl (C=O) groups excluding carboxylic acids is 1. The summed E-state index contributed by atoms with van der Waals surface area (Å²) in [6.45, 7) is -0.303. The molecule has 0 heterocycles. The van der Waals surface area contributed by atoms with Crippen LogP contribution in [0.15, 0.2) is 42.5 Å². The molecule has 0 fully saturated rings. The molecule has 0 aliphatic rings. The Morgan fingerprint density at radius 2 is 1.92 bits per heavy atom. The van der Waals surface area contributed by atoms with Crippen LogP contribution in [0.5, 0.6) is 5.75 Å². The standard InChI is InChI=1S/C16H12F3NO5/c1-24-15(21)11-5-6-14(13(8-11)20(22)23)25-9-10-3-2-4-12(7-10)16(17,18)19/h2-8H,9H2,1H3. The van der Waals surface area contributed by atoms with Crippen LogP contribution in [0.2, 0.25) is 0 Å². The van der Waals surface area contributed by atoms with Crippen molar-refractivity contribution in [2.75, 3.05) is 7.11 Å². The summed E-state index contributed by atoms with van der Waals surface area (Å²) < 4.78 is 47.8. The van der Waals surface area contributed by atoms with Crippen LogP contribution in [0.3, 0.4) is 0 Å². The Kier molecular flexibility index (Phi) is 5.26. The minimum atomic E-state index is -4.50. The zero-order valence-corrected chi connectivity index (χ0v) is 12.9. The fourth-order valence-electron chi connectivity index (χ4n) is 2.03. The van der Waals surface area contributed by atoms with Gasteiger partial charge in [-0.3, -0.25) is 10.1 Å². The molecule has 2 aromatic carbocycles. The molecule has 9 heteroatoms. The van der Waals surface area contributed by atoms with Crippen LogP contribution in [0, 0.1) is 10.1 Å². The second kappa shape index (κ2) is 7.20. The van der Waals surface area contributed by atoms with Crippen LogP contribution < -0.4 is 4.74 Å². The molecule has 0 unspecified atom stereocenters. The van der Waals surface area contributed by atoms with Gasteiger partial charge in [-0.15, -0.1) is 0 Å². The number of ether oxygens (including phenoxy) is 2. The van der Waals surface area contributed by atoms with Crippen LogP contribution in [-0.4, -0.2) is 18.0 Å². The summed E-state index contributed by atoms with van der Waals surface area (Å²) in [4.78, 5) is 21.8. The zero-order valence-electron chi connectivity index (χ0n) is 12.9. The van der Waals surface area contributed by atoms with Gasteiger partial charge in [0.05, 0.1) is 23.2 Å². The van der Waals surface area contributed by atoms with E-state index in [1.165, 1.54) is 24.3 Å². The summed E-state index contributed by atoms with van der Waals surface area (Å²) in [5.41, 5.74) is -1.18. The number of halogens is 3. The molecule has 132 valence electrons. The highest BCUT2D eigenvalue weighted by Crippen LogP contribution is 2.31. The van der Waals surface area contributed by atoms with Gasteiger partial charge in [-0.1, -0.05) is 12.1 Å². The number of hydrogen-bond donors (Lipinski definition) is 0. The van der Waals surface area contributed by atoms with Gasteiger partial charge < -0.3 is 9.47 Å². The molecule has 2 rings (SSSR count). The number of nitro groups is 1. The van der Waals surface area contributed by atoms with E-state index >= 15 is 0 Å². The highest BCUT2D eigenvalue weighted by molar-refractivity contribution is 5.90. The molecule has 0 atom stereocenters.